The van der Waals surface area contributed by atoms with Crippen LogP contribution in [0.2, 0.25) is 0 Å². The number of nitrogens with one attached hydrogen (secondary N) is 3. The Bertz CT molecular complexity index is 653. The first kappa shape index (κ1) is 29.0. The van der Waals surface area contributed by atoms with Crippen LogP contribution in [0.4, 0.5) is 0 Å². The fourth-order valence-electron chi connectivity index (χ4n) is 4.00. The summed E-state index contributed by atoms with van der Waals surface area (Å²) < 4.78 is 0. The molecule has 0 aliphatic heterocycles. The molecule has 1 aliphatic rings. The van der Waals surface area contributed by atoms with Gasteiger partial charge in [0.15, 0.2) is 5.78 Å². The van der Waals surface area contributed by atoms with Gasteiger partial charge in [-0.1, -0.05) is 26.2 Å². The summed E-state index contributed by atoms with van der Waals surface area (Å²) in [7, 11) is 0. The lowest BCUT2D eigenvalue weighted by atomic mass is 9.85. The van der Waals surface area contributed by atoms with Gasteiger partial charge in [0.25, 0.3) is 0 Å². The topological polar surface area (TPSA) is 197 Å². The first-order chi connectivity index (χ1) is 15.7. The van der Waals surface area contributed by atoms with E-state index < -0.39 is 48.1 Å². The Kier molecular flexibility index (Phi) is 13.1. The normalized spacial score (nSPS) is 19.0. The minimum Gasteiger partial charge on any atom is -0.391 e. The average Bonchev–Trinajstić information content (AvgIpc) is 2.80. The van der Waals surface area contributed by atoms with Crippen molar-refractivity contribution in [1.29, 1.82) is 0 Å². The van der Waals surface area contributed by atoms with E-state index in [0.717, 1.165) is 32.1 Å². The monoisotopic (exact) mass is 471 g/mol. The number of aliphatic hydroxyl groups is 2. The van der Waals surface area contributed by atoms with E-state index in [1.54, 1.807) is 6.92 Å². The third-order valence-electron chi connectivity index (χ3n) is 6.02. The van der Waals surface area contributed by atoms with Crippen molar-refractivity contribution in [3.63, 3.8) is 0 Å². The molecule has 1 rings (SSSR count). The molecule has 0 saturated heterocycles. The summed E-state index contributed by atoms with van der Waals surface area (Å²) in [5.74, 6) is -2.49. The molecule has 190 valence electrons. The van der Waals surface area contributed by atoms with E-state index >= 15 is 0 Å². The molecule has 1 saturated carbocycles. The Hall–Kier alpha value is -2.08. The maximum atomic E-state index is 12.8. The van der Waals surface area contributed by atoms with Crippen molar-refractivity contribution >= 4 is 23.5 Å². The second-order valence-electron chi connectivity index (χ2n) is 8.67. The summed E-state index contributed by atoms with van der Waals surface area (Å²) in [4.78, 5) is 50.2. The largest absolute Gasteiger partial charge is 0.391 e. The molecule has 0 radical (unpaired) electrons. The number of aliphatic hydroxyl groups excluding tert-OH is 2. The lowest BCUT2D eigenvalue weighted by Gasteiger charge is -2.29. The second kappa shape index (κ2) is 14.9. The van der Waals surface area contributed by atoms with Crippen molar-refractivity contribution in [3.05, 3.63) is 0 Å². The van der Waals surface area contributed by atoms with Gasteiger partial charge >= 0.3 is 0 Å². The van der Waals surface area contributed by atoms with Crippen LogP contribution in [0.15, 0.2) is 0 Å². The van der Waals surface area contributed by atoms with Crippen LogP contribution in [0.25, 0.3) is 0 Å². The Morgan fingerprint density at radius 1 is 0.848 bits per heavy atom. The molecule has 0 spiro atoms. The Balaban J connectivity index is 2.84. The van der Waals surface area contributed by atoms with Crippen LogP contribution < -0.4 is 27.4 Å². The molecule has 0 aromatic heterocycles. The van der Waals surface area contributed by atoms with E-state index in [4.69, 9.17) is 11.5 Å². The van der Waals surface area contributed by atoms with Gasteiger partial charge in [0.2, 0.25) is 17.7 Å². The summed E-state index contributed by atoms with van der Waals surface area (Å²) >= 11 is 0. The molecule has 0 aromatic carbocycles. The highest BCUT2D eigenvalue weighted by Gasteiger charge is 2.34. The first-order valence-electron chi connectivity index (χ1n) is 11.9. The van der Waals surface area contributed by atoms with Crippen molar-refractivity contribution in [2.45, 2.75) is 95.5 Å². The van der Waals surface area contributed by atoms with Gasteiger partial charge in [-0.3, -0.25) is 19.2 Å². The van der Waals surface area contributed by atoms with Crippen LogP contribution in [0.5, 0.6) is 0 Å². The number of Topliss-reactive ketones (excluding diaryl/α,β-unsaturated/α-hetero) is 1. The molecule has 5 atom stereocenters. The van der Waals surface area contributed by atoms with E-state index in [0.29, 0.717) is 0 Å². The van der Waals surface area contributed by atoms with Crippen molar-refractivity contribution < 1.29 is 29.4 Å². The number of nitrogens with two attached hydrogens (primary N) is 2. The summed E-state index contributed by atoms with van der Waals surface area (Å²) in [5, 5.41) is 28.0. The molecule has 0 bridgehead atoms. The Morgan fingerprint density at radius 3 is 1.91 bits per heavy atom. The third kappa shape index (κ3) is 9.36. The zero-order valence-electron chi connectivity index (χ0n) is 19.7. The van der Waals surface area contributed by atoms with Crippen LogP contribution in [-0.4, -0.2) is 77.1 Å². The van der Waals surface area contributed by atoms with Gasteiger partial charge in [0, 0.05) is 6.42 Å². The van der Waals surface area contributed by atoms with E-state index in [9.17, 15) is 29.4 Å². The van der Waals surface area contributed by atoms with Gasteiger partial charge < -0.3 is 37.6 Å². The van der Waals surface area contributed by atoms with Crippen LogP contribution in [0.1, 0.15) is 65.2 Å². The quantitative estimate of drug-likeness (QED) is 0.158. The molecule has 9 N–H and O–H groups in total. The fraction of sp³-hybridized carbons (Fsp3) is 0.818. The highest BCUT2D eigenvalue weighted by Crippen LogP contribution is 2.26. The van der Waals surface area contributed by atoms with Crippen molar-refractivity contribution in [2.24, 2.45) is 17.4 Å². The minimum atomic E-state index is -1.36. The summed E-state index contributed by atoms with van der Waals surface area (Å²) in [6.07, 6.45) is 2.44. The van der Waals surface area contributed by atoms with Gasteiger partial charge in [-0.2, -0.15) is 0 Å². The molecular formula is C22H41N5O6. The standard InChI is InChI=1S/C22H41N5O6/c1-3-17(29)15(9-11-23)25-21(32)18(13(2)28)27-20(31)16(10-12-24)26-22(33)19(30)14-7-5-4-6-8-14/h13-16,18-19,28,30H,3-12,23-24H2,1-2H3,(H,25,32)(H,26,33)(H,27,31)/t13?,15-,16-,18-,19?/m0/s1. The zero-order chi connectivity index (χ0) is 25.0. The van der Waals surface area contributed by atoms with Crippen LogP contribution in [-0.2, 0) is 19.2 Å². The second-order valence-corrected chi connectivity index (χ2v) is 8.67. The van der Waals surface area contributed by atoms with E-state index in [2.05, 4.69) is 16.0 Å². The maximum absolute atomic E-state index is 12.8. The van der Waals surface area contributed by atoms with Crippen molar-refractivity contribution in [3.8, 4) is 0 Å². The maximum Gasteiger partial charge on any atom is 0.249 e. The minimum absolute atomic E-state index is 0.0764. The number of hydrogen-bond donors (Lipinski definition) is 7. The molecular weight excluding hydrogens is 430 g/mol. The highest BCUT2D eigenvalue weighted by molar-refractivity contribution is 5.95. The summed E-state index contributed by atoms with van der Waals surface area (Å²) in [6.45, 7) is 3.24. The lowest BCUT2D eigenvalue weighted by Crippen LogP contribution is -2.60. The average molecular weight is 472 g/mol. The molecule has 0 heterocycles. The predicted octanol–water partition coefficient (Wildman–Crippen LogP) is -1.56. The molecule has 11 heteroatoms. The molecule has 1 aliphatic carbocycles. The van der Waals surface area contributed by atoms with Crippen LogP contribution in [0, 0.1) is 5.92 Å². The number of rotatable bonds is 14. The first-order valence-corrected chi connectivity index (χ1v) is 11.9. The number of amides is 3. The smallest absolute Gasteiger partial charge is 0.249 e. The molecule has 0 aromatic rings. The molecule has 3 amide bonds. The Morgan fingerprint density at radius 2 is 1.39 bits per heavy atom. The van der Waals surface area contributed by atoms with Crippen LogP contribution >= 0.6 is 0 Å². The zero-order valence-corrected chi connectivity index (χ0v) is 19.7. The lowest BCUT2D eigenvalue weighted by molar-refractivity contribution is -0.138. The van der Waals surface area contributed by atoms with Gasteiger partial charge in [-0.25, -0.2) is 0 Å². The Labute approximate surface area is 195 Å². The van der Waals surface area contributed by atoms with Crippen molar-refractivity contribution in [1.82, 2.24) is 16.0 Å². The summed E-state index contributed by atoms with van der Waals surface area (Å²) in [6, 6.07) is -3.27. The molecule has 11 nitrogen and oxygen atoms in total. The van der Waals surface area contributed by atoms with Gasteiger partial charge in [0.05, 0.1) is 12.1 Å². The highest BCUT2D eigenvalue weighted by atomic mass is 16.3. The van der Waals surface area contributed by atoms with E-state index in [1.165, 1.54) is 6.92 Å². The predicted molar refractivity (Wildman–Crippen MR) is 123 cm³/mol. The van der Waals surface area contributed by atoms with E-state index in [-0.39, 0.29) is 44.1 Å². The summed E-state index contributed by atoms with van der Waals surface area (Å²) in [5.41, 5.74) is 11.1. The van der Waals surface area contributed by atoms with Gasteiger partial charge in [-0.15, -0.1) is 0 Å². The molecule has 33 heavy (non-hydrogen) atoms. The fourth-order valence-corrected chi connectivity index (χ4v) is 4.00. The van der Waals surface area contributed by atoms with E-state index in [1.807, 2.05) is 0 Å². The number of ketones is 1. The molecule has 1 fully saturated rings. The van der Waals surface area contributed by atoms with Crippen LogP contribution in [0.3, 0.4) is 0 Å². The molecule has 2 unspecified atom stereocenters. The van der Waals surface area contributed by atoms with Gasteiger partial charge in [0.1, 0.15) is 18.2 Å². The number of carbonyl (C=O) groups excluding carboxylic acids is 4. The number of carbonyl (C=O) groups is 4. The van der Waals surface area contributed by atoms with Gasteiger partial charge in [-0.05, 0) is 51.6 Å². The SMILES string of the molecule is CCC(=O)[C@H](CCN)NC(=O)[C@@H](NC(=O)[C@H](CCN)NC(=O)C(O)C1CCCCC1)C(C)O. The number of hydrogen-bond acceptors (Lipinski definition) is 8. The third-order valence-corrected chi connectivity index (χ3v) is 6.02. The van der Waals surface area contributed by atoms with Crippen molar-refractivity contribution in [2.75, 3.05) is 13.1 Å².